The van der Waals surface area contributed by atoms with Gasteiger partial charge < -0.3 is 4.57 Å². The van der Waals surface area contributed by atoms with Crippen LogP contribution in [0.2, 0.25) is 0 Å². The smallest absolute Gasteiger partial charge is 0.0494 e. The molecule has 0 saturated carbocycles. The van der Waals surface area contributed by atoms with Crippen molar-refractivity contribution in [3.8, 4) is 27.9 Å². The molecule has 1 heterocycles. The van der Waals surface area contributed by atoms with Crippen LogP contribution >= 0.6 is 0 Å². The summed E-state index contributed by atoms with van der Waals surface area (Å²) in [4.78, 5) is 0. The highest BCUT2D eigenvalue weighted by atomic mass is 15.0. The third kappa shape index (κ3) is 4.84. The van der Waals surface area contributed by atoms with E-state index in [0.717, 1.165) is 28.2 Å². The van der Waals surface area contributed by atoms with Crippen LogP contribution in [-0.4, -0.2) is 4.57 Å². The first-order chi connectivity index (χ1) is 20.5. The fraction of sp³-hybridized carbons (Fsp3) is 0.0732. The van der Waals surface area contributed by atoms with Gasteiger partial charge in [0.2, 0.25) is 0 Å². The van der Waals surface area contributed by atoms with Gasteiger partial charge in [0.25, 0.3) is 0 Å². The van der Waals surface area contributed by atoms with Crippen LogP contribution in [0.4, 0.5) is 0 Å². The highest BCUT2D eigenvalue weighted by Crippen LogP contribution is 2.44. The molecule has 5 rings (SSSR count). The molecule has 0 unspecified atom stereocenters. The van der Waals surface area contributed by atoms with Crippen molar-refractivity contribution in [2.75, 3.05) is 0 Å². The van der Waals surface area contributed by atoms with Crippen LogP contribution in [0, 0.1) is 20.8 Å². The highest BCUT2D eigenvalue weighted by Gasteiger charge is 2.21. The number of hydrogen-bond donors (Lipinski definition) is 0. The van der Waals surface area contributed by atoms with Crippen LogP contribution in [0.3, 0.4) is 0 Å². The van der Waals surface area contributed by atoms with Gasteiger partial charge in [-0.2, -0.15) is 0 Å². The van der Waals surface area contributed by atoms with Gasteiger partial charge in [-0.1, -0.05) is 123 Å². The third-order valence-electron chi connectivity index (χ3n) is 8.10. The van der Waals surface area contributed by atoms with E-state index >= 15 is 0 Å². The number of aromatic nitrogens is 1. The Kier molecular flexibility index (Phi) is 8.22. The van der Waals surface area contributed by atoms with Crippen molar-refractivity contribution in [2.24, 2.45) is 0 Å². The molecular weight excluding hydrogens is 506 g/mol. The van der Waals surface area contributed by atoms with E-state index < -0.39 is 0 Å². The molecule has 42 heavy (non-hydrogen) atoms. The predicted octanol–water partition coefficient (Wildman–Crippen LogP) is 11.6. The molecule has 4 aromatic carbocycles. The number of fused-ring (bicyclic) bond motifs is 1. The lowest BCUT2D eigenvalue weighted by atomic mass is 9.82. The monoisotopic (exact) mass is 543 g/mol. The van der Waals surface area contributed by atoms with Crippen LogP contribution in [0.15, 0.2) is 123 Å². The molecule has 0 atom stereocenters. The first kappa shape index (κ1) is 28.4. The second-order valence-electron chi connectivity index (χ2n) is 10.4. The molecule has 206 valence electrons. The van der Waals surface area contributed by atoms with E-state index in [1.807, 2.05) is 36.5 Å². The van der Waals surface area contributed by atoms with E-state index in [-0.39, 0.29) is 0 Å². The maximum Gasteiger partial charge on any atom is 0.0494 e. The predicted molar refractivity (Wildman–Crippen MR) is 187 cm³/mol. The van der Waals surface area contributed by atoms with E-state index in [9.17, 15) is 0 Å². The molecule has 0 aliphatic carbocycles. The SMILES string of the molecule is C=C/C=C\c1c(C)c(C)c(/C=C\C=C)n1-c1ccc(-c2c(C=C)c(C=C)c(-c3ccccc3)c3ccccc23)c(C)c1. The van der Waals surface area contributed by atoms with Gasteiger partial charge in [-0.3, -0.25) is 0 Å². The Labute approximate surface area is 250 Å². The topological polar surface area (TPSA) is 4.93 Å². The Hall–Kier alpha value is -5.14. The largest absolute Gasteiger partial charge is 0.310 e. The van der Waals surface area contributed by atoms with Gasteiger partial charge in [-0.15, -0.1) is 0 Å². The molecule has 0 amide bonds. The summed E-state index contributed by atoms with van der Waals surface area (Å²) in [5.74, 6) is 0. The van der Waals surface area contributed by atoms with Gasteiger partial charge in [0, 0.05) is 17.1 Å². The lowest BCUT2D eigenvalue weighted by molar-refractivity contribution is 1.03. The van der Waals surface area contributed by atoms with Crippen molar-refractivity contribution in [2.45, 2.75) is 20.8 Å². The molecule has 0 bridgehead atoms. The zero-order chi connectivity index (χ0) is 29.8. The van der Waals surface area contributed by atoms with Crippen LogP contribution in [0.1, 0.15) is 39.2 Å². The molecule has 1 heteroatoms. The Morgan fingerprint density at radius 1 is 0.595 bits per heavy atom. The molecule has 0 aliphatic heterocycles. The Balaban J connectivity index is 1.81. The molecule has 1 nitrogen and oxygen atoms in total. The van der Waals surface area contributed by atoms with Crippen LogP contribution in [0.25, 0.3) is 63.0 Å². The summed E-state index contributed by atoms with van der Waals surface area (Å²) < 4.78 is 2.32. The molecule has 1 aromatic heterocycles. The Bertz CT molecular complexity index is 1860. The molecule has 0 aliphatic rings. The van der Waals surface area contributed by atoms with Crippen molar-refractivity contribution in [1.29, 1.82) is 0 Å². The Morgan fingerprint density at radius 2 is 1.12 bits per heavy atom. The molecule has 0 fully saturated rings. The number of rotatable bonds is 9. The number of hydrogen-bond acceptors (Lipinski definition) is 0. The van der Waals surface area contributed by atoms with Gasteiger partial charge in [-0.05, 0) is 106 Å². The van der Waals surface area contributed by atoms with Crippen molar-refractivity contribution < 1.29 is 0 Å². The molecular formula is C41H37N. The second kappa shape index (κ2) is 12.2. The summed E-state index contributed by atoms with van der Waals surface area (Å²) in [6.07, 6.45) is 15.8. The van der Waals surface area contributed by atoms with Crippen LogP contribution in [-0.2, 0) is 0 Å². The van der Waals surface area contributed by atoms with E-state index in [0.29, 0.717) is 0 Å². The van der Waals surface area contributed by atoms with E-state index in [1.165, 1.54) is 49.7 Å². The number of allylic oxidation sites excluding steroid dienone is 4. The molecule has 0 saturated heterocycles. The summed E-state index contributed by atoms with van der Waals surface area (Å²) in [5, 5.41) is 2.40. The quantitative estimate of drug-likeness (QED) is 0.163. The number of nitrogens with zero attached hydrogens (tertiary/aromatic N) is 1. The van der Waals surface area contributed by atoms with Gasteiger partial charge in [0.15, 0.2) is 0 Å². The van der Waals surface area contributed by atoms with Gasteiger partial charge in [-0.25, -0.2) is 0 Å². The normalized spacial score (nSPS) is 11.4. The second-order valence-corrected chi connectivity index (χ2v) is 10.4. The van der Waals surface area contributed by atoms with Crippen molar-refractivity contribution >= 4 is 35.1 Å². The first-order valence-electron chi connectivity index (χ1n) is 14.3. The van der Waals surface area contributed by atoms with Crippen molar-refractivity contribution in [3.63, 3.8) is 0 Å². The maximum absolute atomic E-state index is 4.27. The maximum atomic E-state index is 4.27. The minimum atomic E-state index is 1.09. The zero-order valence-electron chi connectivity index (χ0n) is 24.8. The van der Waals surface area contributed by atoms with Gasteiger partial charge in [0.1, 0.15) is 0 Å². The molecule has 0 radical (unpaired) electrons. The average molecular weight is 544 g/mol. The summed E-state index contributed by atoms with van der Waals surface area (Å²) in [7, 11) is 0. The fourth-order valence-corrected chi connectivity index (χ4v) is 6.02. The van der Waals surface area contributed by atoms with Crippen LogP contribution in [0.5, 0.6) is 0 Å². The zero-order valence-corrected chi connectivity index (χ0v) is 24.8. The standard InChI is InChI=1S/C41H37N/c1-8-12-23-38-29(6)30(7)39(24-13-9-2)42(38)32-25-26-35(28(5)27-32)41-34(11-4)33(10-3)40(31-19-15-14-16-20-31)36-21-17-18-22-37(36)41/h8-27H,1-4H2,5-7H3/b23-12-,24-13-. The average Bonchev–Trinajstić information content (AvgIpc) is 3.26. The van der Waals surface area contributed by atoms with E-state index in [1.54, 1.807) is 0 Å². The summed E-state index contributed by atoms with van der Waals surface area (Å²) in [6, 6.07) is 26.0. The molecule has 5 aromatic rings. The van der Waals surface area contributed by atoms with Gasteiger partial charge >= 0.3 is 0 Å². The van der Waals surface area contributed by atoms with Crippen molar-refractivity contribution in [1.82, 2.24) is 4.57 Å². The lowest BCUT2D eigenvalue weighted by Crippen LogP contribution is -2.02. The molecule has 0 N–H and O–H groups in total. The molecule has 0 spiro atoms. The van der Waals surface area contributed by atoms with E-state index in [4.69, 9.17) is 0 Å². The number of benzene rings is 4. The van der Waals surface area contributed by atoms with E-state index in [2.05, 4.69) is 137 Å². The van der Waals surface area contributed by atoms with Gasteiger partial charge in [0.05, 0.1) is 0 Å². The Morgan fingerprint density at radius 3 is 1.64 bits per heavy atom. The number of aryl methyl sites for hydroxylation is 1. The summed E-state index contributed by atoms with van der Waals surface area (Å²) in [5.41, 5.74) is 14.0. The van der Waals surface area contributed by atoms with Crippen molar-refractivity contribution in [3.05, 3.63) is 163 Å². The first-order valence-corrected chi connectivity index (χ1v) is 14.3. The third-order valence-corrected chi connectivity index (χ3v) is 8.10. The highest BCUT2D eigenvalue weighted by molar-refractivity contribution is 6.12. The van der Waals surface area contributed by atoms with Crippen LogP contribution < -0.4 is 0 Å². The summed E-state index contributed by atoms with van der Waals surface area (Å²) in [6.45, 7) is 22.8. The minimum Gasteiger partial charge on any atom is -0.310 e. The minimum absolute atomic E-state index is 1.09. The fourth-order valence-electron chi connectivity index (χ4n) is 6.02. The summed E-state index contributed by atoms with van der Waals surface area (Å²) >= 11 is 0. The lowest BCUT2D eigenvalue weighted by Gasteiger charge is -2.22.